The van der Waals surface area contributed by atoms with E-state index in [9.17, 15) is 18.0 Å². The Morgan fingerprint density at radius 3 is 2.62 bits per heavy atom. The van der Waals surface area contributed by atoms with Crippen LogP contribution in [-0.4, -0.2) is 57.3 Å². The van der Waals surface area contributed by atoms with E-state index in [1.54, 1.807) is 37.3 Å². The molecule has 2 N–H and O–H groups in total. The maximum atomic E-state index is 13.3. The molecule has 0 bridgehead atoms. The van der Waals surface area contributed by atoms with Gasteiger partial charge in [-0.15, -0.1) is 0 Å². The Bertz CT molecular complexity index is 1200. The molecule has 0 radical (unpaired) electrons. The Labute approximate surface area is 198 Å². The van der Waals surface area contributed by atoms with Crippen molar-refractivity contribution in [3.63, 3.8) is 0 Å². The maximum absolute atomic E-state index is 13.3. The second kappa shape index (κ2) is 10.00. The van der Waals surface area contributed by atoms with Crippen LogP contribution in [0.2, 0.25) is 0 Å². The van der Waals surface area contributed by atoms with Crippen molar-refractivity contribution in [1.29, 1.82) is 0 Å². The number of hydrogen-bond acceptors (Lipinski definition) is 7. The van der Waals surface area contributed by atoms with Crippen LogP contribution >= 0.6 is 0 Å². The van der Waals surface area contributed by atoms with Crippen LogP contribution in [0.5, 0.6) is 11.5 Å². The highest BCUT2D eigenvalue weighted by molar-refractivity contribution is 7.89. The van der Waals surface area contributed by atoms with E-state index in [1.807, 2.05) is 13.0 Å². The molecule has 1 saturated heterocycles. The number of nitrogens with one attached hydrogen (secondary N) is 2. The normalized spacial score (nSPS) is 17.9. The Balaban J connectivity index is 1.36. The third-order valence-corrected chi connectivity index (χ3v) is 7.65. The van der Waals surface area contributed by atoms with Crippen molar-refractivity contribution in [2.45, 2.75) is 37.9 Å². The monoisotopic (exact) mass is 489 g/mol. The van der Waals surface area contributed by atoms with E-state index in [0.717, 1.165) is 11.1 Å². The van der Waals surface area contributed by atoms with Crippen LogP contribution in [0.1, 0.15) is 23.1 Å². The Morgan fingerprint density at radius 1 is 1.03 bits per heavy atom. The first-order valence-electron chi connectivity index (χ1n) is 10.9. The molecule has 2 heterocycles. The van der Waals surface area contributed by atoms with Crippen LogP contribution in [0, 0.1) is 13.8 Å². The Kier molecular flexibility index (Phi) is 7.05. The molecular weight excluding hydrogens is 462 g/mol. The highest BCUT2D eigenvalue weighted by atomic mass is 32.2. The quantitative estimate of drug-likeness (QED) is 0.585. The van der Waals surface area contributed by atoms with Crippen LogP contribution in [0.4, 0.5) is 0 Å². The summed E-state index contributed by atoms with van der Waals surface area (Å²) in [5.41, 5.74) is 2.19. The van der Waals surface area contributed by atoms with E-state index in [-0.39, 0.29) is 31.3 Å². The van der Waals surface area contributed by atoms with Gasteiger partial charge in [0.1, 0.15) is 6.23 Å². The van der Waals surface area contributed by atoms with Crippen molar-refractivity contribution in [1.82, 2.24) is 14.9 Å². The van der Waals surface area contributed by atoms with Gasteiger partial charge in [0.25, 0.3) is 0 Å². The van der Waals surface area contributed by atoms with Gasteiger partial charge in [-0.2, -0.15) is 4.31 Å². The number of ether oxygens (including phenoxy) is 3. The van der Waals surface area contributed by atoms with Crippen molar-refractivity contribution in [3.05, 3.63) is 53.1 Å². The number of carbonyl (C=O) groups is 2. The molecule has 0 aromatic heterocycles. The van der Waals surface area contributed by atoms with Gasteiger partial charge in [0.05, 0.1) is 18.0 Å². The fourth-order valence-corrected chi connectivity index (χ4v) is 5.66. The number of aryl methyl sites for hydroxylation is 2. The predicted octanol–water partition coefficient (Wildman–Crippen LogP) is 1.20. The smallest absolute Gasteiger partial charge is 0.309 e. The Hall–Kier alpha value is -3.15. The molecule has 34 heavy (non-hydrogen) atoms. The van der Waals surface area contributed by atoms with Crippen molar-refractivity contribution >= 4 is 21.8 Å². The lowest BCUT2D eigenvalue weighted by Crippen LogP contribution is -2.53. The standard InChI is InChI=1S/C23H27N3O7S/c1-15-4-5-16(2)20(10-15)34(29,30)26-8-3-9-31-21(26)13-25-23(28)22(27)24-12-17-6-7-18-19(11-17)33-14-32-18/h4-7,10-11,21H,3,8-9,12-14H2,1-2H3,(H,24,27)(H,25,28)/t21-/m0/s1. The minimum atomic E-state index is -3.85. The summed E-state index contributed by atoms with van der Waals surface area (Å²) in [7, 11) is -3.85. The molecule has 0 spiro atoms. The molecule has 0 aliphatic carbocycles. The SMILES string of the molecule is Cc1ccc(C)c(S(=O)(=O)N2CCCO[C@H]2CNC(=O)C(=O)NCc2ccc3c(c2)OCO3)c1. The van der Waals surface area contributed by atoms with Crippen LogP contribution in [0.15, 0.2) is 41.3 Å². The van der Waals surface area contributed by atoms with Crippen molar-refractivity contribution in [2.75, 3.05) is 26.5 Å². The lowest BCUT2D eigenvalue weighted by atomic mass is 10.2. The maximum Gasteiger partial charge on any atom is 0.309 e. The number of benzene rings is 2. The number of sulfonamides is 1. The summed E-state index contributed by atoms with van der Waals surface area (Å²) in [5.74, 6) is -0.507. The fourth-order valence-electron chi connectivity index (χ4n) is 3.79. The number of amides is 2. The van der Waals surface area contributed by atoms with Gasteiger partial charge in [-0.3, -0.25) is 9.59 Å². The molecule has 2 aliphatic rings. The third kappa shape index (κ3) is 5.16. The largest absolute Gasteiger partial charge is 0.454 e. The summed E-state index contributed by atoms with van der Waals surface area (Å²) in [4.78, 5) is 24.8. The topological polar surface area (TPSA) is 123 Å². The van der Waals surface area contributed by atoms with Gasteiger partial charge in [-0.05, 0) is 55.2 Å². The molecule has 1 atom stereocenters. The summed E-state index contributed by atoms with van der Waals surface area (Å²) < 4.78 is 44.1. The first kappa shape index (κ1) is 24.0. The summed E-state index contributed by atoms with van der Waals surface area (Å²) in [6.45, 7) is 4.29. The van der Waals surface area contributed by atoms with E-state index in [2.05, 4.69) is 10.6 Å². The van der Waals surface area contributed by atoms with Crippen LogP contribution in [0.25, 0.3) is 0 Å². The van der Waals surface area contributed by atoms with Crippen LogP contribution < -0.4 is 20.1 Å². The van der Waals surface area contributed by atoms with E-state index < -0.39 is 28.1 Å². The molecule has 11 heteroatoms. The summed E-state index contributed by atoms with van der Waals surface area (Å²) >= 11 is 0. The average Bonchev–Trinajstić information content (AvgIpc) is 3.30. The summed E-state index contributed by atoms with van der Waals surface area (Å²) in [6, 6.07) is 10.5. The minimum absolute atomic E-state index is 0.121. The molecule has 2 aromatic rings. The van der Waals surface area contributed by atoms with Crippen molar-refractivity contribution < 1.29 is 32.2 Å². The zero-order valence-electron chi connectivity index (χ0n) is 19.0. The molecule has 0 saturated carbocycles. The minimum Gasteiger partial charge on any atom is -0.454 e. The molecular formula is C23H27N3O7S. The number of nitrogens with zero attached hydrogens (tertiary/aromatic N) is 1. The summed E-state index contributed by atoms with van der Waals surface area (Å²) in [6.07, 6.45) is -0.380. The highest BCUT2D eigenvalue weighted by Gasteiger charge is 2.35. The van der Waals surface area contributed by atoms with Gasteiger partial charge in [0.15, 0.2) is 11.5 Å². The first-order chi connectivity index (χ1) is 16.3. The lowest BCUT2D eigenvalue weighted by molar-refractivity contribution is -0.140. The van der Waals surface area contributed by atoms with E-state index >= 15 is 0 Å². The molecule has 2 aromatic carbocycles. The molecule has 2 amide bonds. The van der Waals surface area contributed by atoms with Gasteiger partial charge in [0, 0.05) is 13.1 Å². The number of rotatable bonds is 6. The first-order valence-corrected chi connectivity index (χ1v) is 12.3. The highest BCUT2D eigenvalue weighted by Crippen LogP contribution is 2.32. The molecule has 0 unspecified atom stereocenters. The lowest BCUT2D eigenvalue weighted by Gasteiger charge is -2.35. The second-order valence-corrected chi connectivity index (χ2v) is 10.0. The van der Waals surface area contributed by atoms with Crippen molar-refractivity contribution in [2.24, 2.45) is 0 Å². The third-order valence-electron chi connectivity index (χ3n) is 5.62. The zero-order chi connectivity index (χ0) is 24.3. The van der Waals surface area contributed by atoms with Gasteiger partial charge < -0.3 is 24.8 Å². The van der Waals surface area contributed by atoms with Gasteiger partial charge in [0.2, 0.25) is 16.8 Å². The molecule has 10 nitrogen and oxygen atoms in total. The molecule has 1 fully saturated rings. The van der Waals surface area contributed by atoms with Crippen LogP contribution in [0.3, 0.4) is 0 Å². The van der Waals surface area contributed by atoms with Gasteiger partial charge in [-0.25, -0.2) is 8.42 Å². The zero-order valence-corrected chi connectivity index (χ0v) is 19.8. The Morgan fingerprint density at radius 2 is 1.79 bits per heavy atom. The van der Waals surface area contributed by atoms with Crippen molar-refractivity contribution in [3.8, 4) is 11.5 Å². The van der Waals surface area contributed by atoms with Gasteiger partial charge >= 0.3 is 11.8 Å². The molecule has 2 aliphatic heterocycles. The van der Waals surface area contributed by atoms with E-state index in [0.29, 0.717) is 30.1 Å². The molecule has 182 valence electrons. The summed E-state index contributed by atoms with van der Waals surface area (Å²) in [5, 5.41) is 5.02. The average molecular weight is 490 g/mol. The number of carbonyl (C=O) groups excluding carboxylic acids is 2. The fraction of sp³-hybridized carbons (Fsp3) is 0.391. The molecule has 4 rings (SSSR count). The predicted molar refractivity (Wildman–Crippen MR) is 122 cm³/mol. The number of hydrogen-bond donors (Lipinski definition) is 2. The number of fused-ring (bicyclic) bond motifs is 1. The van der Waals surface area contributed by atoms with Crippen LogP contribution in [-0.2, 0) is 30.9 Å². The second-order valence-electron chi connectivity index (χ2n) is 8.14. The van der Waals surface area contributed by atoms with Gasteiger partial charge in [-0.1, -0.05) is 18.2 Å². The van der Waals surface area contributed by atoms with E-state index in [1.165, 1.54) is 4.31 Å². The van der Waals surface area contributed by atoms with E-state index in [4.69, 9.17) is 14.2 Å².